The molecule has 0 radical (unpaired) electrons. The molecule has 0 spiro atoms. The van der Waals surface area contributed by atoms with Gasteiger partial charge in [0.1, 0.15) is 5.75 Å². The molecule has 7 nitrogen and oxygen atoms in total. The number of unbranched alkanes of at least 4 members (excludes halogenated alkanes) is 3. The van der Waals surface area contributed by atoms with E-state index in [9.17, 15) is 13.6 Å². The van der Waals surface area contributed by atoms with Gasteiger partial charge in [-0.15, -0.1) is 0 Å². The van der Waals surface area contributed by atoms with Gasteiger partial charge >= 0.3 is 12.6 Å². The number of carbonyl (C=O) groups excluding carboxylic acids is 1. The van der Waals surface area contributed by atoms with Gasteiger partial charge in [0.25, 0.3) is 0 Å². The quantitative estimate of drug-likeness (QED) is 0.224. The molecular formula is C22H34F2N4O3. The van der Waals surface area contributed by atoms with Gasteiger partial charge in [0.15, 0.2) is 5.96 Å². The molecule has 1 aliphatic rings. The Hall–Kier alpha value is -2.58. The monoisotopic (exact) mass is 440 g/mol. The van der Waals surface area contributed by atoms with Crippen molar-refractivity contribution in [3.63, 3.8) is 0 Å². The zero-order valence-electron chi connectivity index (χ0n) is 18.4. The van der Waals surface area contributed by atoms with Crippen LogP contribution in [0.2, 0.25) is 0 Å². The first-order chi connectivity index (χ1) is 15.0. The Labute approximate surface area is 183 Å². The number of nitrogens with one attached hydrogen (secondary N) is 2. The number of benzene rings is 1. The molecule has 0 saturated carbocycles. The molecule has 1 heterocycles. The van der Waals surface area contributed by atoms with Gasteiger partial charge in [0.05, 0.1) is 12.8 Å². The van der Waals surface area contributed by atoms with Crippen LogP contribution in [0, 0.1) is 0 Å². The highest BCUT2D eigenvalue weighted by Crippen LogP contribution is 2.31. The summed E-state index contributed by atoms with van der Waals surface area (Å²) in [5.41, 5.74) is 0.681. The molecule has 1 saturated heterocycles. The molecular weight excluding hydrogens is 406 g/mol. The standard InChI is InChI=1S/C22H34F2N4O3/c1-3-25-22(26-14-9-5-4-6-12-20(29)30-2)27-17-13-15-28(16-17)18-10-7-8-11-19(18)31-21(23)24/h7-8,10-11,17,21H,3-6,9,12-16H2,1-2H3,(H2,25,26,27). The van der Waals surface area contributed by atoms with E-state index in [0.717, 1.165) is 51.2 Å². The molecule has 2 rings (SSSR count). The number of carbonyl (C=O) groups is 1. The number of aliphatic imine (C=N–C) groups is 1. The van der Waals surface area contributed by atoms with Gasteiger partial charge in [-0.3, -0.25) is 9.79 Å². The topological polar surface area (TPSA) is 75.2 Å². The van der Waals surface area contributed by atoms with Crippen molar-refractivity contribution in [2.45, 2.75) is 58.1 Å². The molecule has 1 aliphatic heterocycles. The molecule has 31 heavy (non-hydrogen) atoms. The number of hydrogen-bond donors (Lipinski definition) is 2. The van der Waals surface area contributed by atoms with Gasteiger partial charge in [-0.05, 0) is 38.3 Å². The number of para-hydroxylation sites is 2. The summed E-state index contributed by atoms with van der Waals surface area (Å²) in [5.74, 6) is 0.803. The number of methoxy groups -OCH3 is 1. The van der Waals surface area contributed by atoms with Crippen molar-refractivity contribution >= 4 is 17.6 Å². The van der Waals surface area contributed by atoms with Crippen molar-refractivity contribution in [3.05, 3.63) is 24.3 Å². The van der Waals surface area contributed by atoms with Gasteiger partial charge in [0, 0.05) is 38.6 Å². The molecule has 1 atom stereocenters. The average Bonchev–Trinajstić information content (AvgIpc) is 3.21. The lowest BCUT2D eigenvalue weighted by Crippen LogP contribution is -2.44. The number of rotatable bonds is 12. The first-order valence-electron chi connectivity index (χ1n) is 10.9. The van der Waals surface area contributed by atoms with Crippen LogP contribution in [0.15, 0.2) is 29.3 Å². The zero-order chi connectivity index (χ0) is 22.5. The number of hydrogen-bond acceptors (Lipinski definition) is 5. The Kier molecular flexibility index (Phi) is 10.9. The molecule has 0 bridgehead atoms. The zero-order valence-corrected chi connectivity index (χ0v) is 18.4. The third kappa shape index (κ3) is 8.98. The molecule has 0 amide bonds. The van der Waals surface area contributed by atoms with Crippen molar-refractivity contribution in [2.24, 2.45) is 4.99 Å². The van der Waals surface area contributed by atoms with E-state index in [1.54, 1.807) is 18.2 Å². The van der Waals surface area contributed by atoms with Crippen LogP contribution in [0.4, 0.5) is 14.5 Å². The summed E-state index contributed by atoms with van der Waals surface area (Å²) in [7, 11) is 1.41. The fraction of sp³-hybridized carbons (Fsp3) is 0.636. The molecule has 0 aromatic heterocycles. The SMILES string of the molecule is CCNC(=NCCCCCCC(=O)OC)NC1CCN(c2ccccc2OC(F)F)C1. The molecule has 9 heteroatoms. The fourth-order valence-corrected chi connectivity index (χ4v) is 3.55. The molecule has 2 N–H and O–H groups in total. The van der Waals surface area contributed by atoms with Crippen molar-refractivity contribution in [1.82, 2.24) is 10.6 Å². The maximum absolute atomic E-state index is 12.7. The third-order valence-electron chi connectivity index (χ3n) is 5.08. The third-order valence-corrected chi connectivity index (χ3v) is 5.08. The maximum Gasteiger partial charge on any atom is 0.387 e. The molecule has 174 valence electrons. The predicted octanol–water partition coefficient (Wildman–Crippen LogP) is 3.55. The van der Waals surface area contributed by atoms with Gasteiger partial charge in [-0.25, -0.2) is 0 Å². The van der Waals surface area contributed by atoms with E-state index >= 15 is 0 Å². The number of guanidine groups is 1. The number of alkyl halides is 2. The summed E-state index contributed by atoms with van der Waals surface area (Å²) < 4.78 is 34.7. The highest BCUT2D eigenvalue weighted by Gasteiger charge is 2.26. The first kappa shape index (κ1) is 24.7. The van der Waals surface area contributed by atoms with Gasteiger partial charge in [0.2, 0.25) is 0 Å². The van der Waals surface area contributed by atoms with Crippen molar-refractivity contribution in [2.75, 3.05) is 38.2 Å². The highest BCUT2D eigenvalue weighted by molar-refractivity contribution is 5.80. The second-order valence-electron chi connectivity index (χ2n) is 7.42. The number of esters is 1. The fourth-order valence-electron chi connectivity index (χ4n) is 3.55. The van der Waals surface area contributed by atoms with E-state index < -0.39 is 6.61 Å². The molecule has 1 aromatic carbocycles. The Morgan fingerprint density at radius 2 is 2.03 bits per heavy atom. The average molecular weight is 441 g/mol. The molecule has 1 aromatic rings. The Balaban J connectivity index is 1.79. The Morgan fingerprint density at radius 3 is 2.77 bits per heavy atom. The predicted molar refractivity (Wildman–Crippen MR) is 118 cm³/mol. The largest absolute Gasteiger partial charge is 0.469 e. The van der Waals surface area contributed by atoms with Crippen LogP contribution in [0.5, 0.6) is 5.75 Å². The second-order valence-corrected chi connectivity index (χ2v) is 7.42. The number of anilines is 1. The summed E-state index contributed by atoms with van der Waals surface area (Å²) >= 11 is 0. The van der Waals surface area contributed by atoms with E-state index in [4.69, 9.17) is 0 Å². The van der Waals surface area contributed by atoms with Crippen LogP contribution in [-0.4, -0.2) is 57.9 Å². The lowest BCUT2D eigenvalue weighted by molar-refractivity contribution is -0.140. The van der Waals surface area contributed by atoms with Crippen LogP contribution >= 0.6 is 0 Å². The number of ether oxygens (including phenoxy) is 2. The minimum Gasteiger partial charge on any atom is -0.469 e. The van der Waals surface area contributed by atoms with Crippen molar-refractivity contribution < 1.29 is 23.0 Å². The Morgan fingerprint density at radius 1 is 1.26 bits per heavy atom. The number of nitrogens with zero attached hydrogens (tertiary/aromatic N) is 2. The molecule has 1 unspecified atom stereocenters. The van der Waals surface area contributed by atoms with Crippen LogP contribution < -0.4 is 20.3 Å². The van der Waals surface area contributed by atoms with Crippen molar-refractivity contribution in [1.29, 1.82) is 0 Å². The van der Waals surface area contributed by atoms with Gasteiger partial charge < -0.3 is 25.0 Å². The number of halogens is 2. The molecule has 0 aliphatic carbocycles. The lowest BCUT2D eigenvalue weighted by Gasteiger charge is -2.22. The maximum atomic E-state index is 12.7. The second kappa shape index (κ2) is 13.7. The lowest BCUT2D eigenvalue weighted by atomic mass is 10.1. The van der Waals surface area contributed by atoms with Crippen LogP contribution in [-0.2, 0) is 9.53 Å². The van der Waals surface area contributed by atoms with Crippen molar-refractivity contribution in [3.8, 4) is 5.75 Å². The van der Waals surface area contributed by atoms with E-state index in [0.29, 0.717) is 25.2 Å². The van der Waals surface area contributed by atoms with Crippen LogP contribution in [0.25, 0.3) is 0 Å². The summed E-state index contributed by atoms with van der Waals surface area (Å²) in [6.45, 7) is 2.07. The van der Waals surface area contributed by atoms with E-state index in [1.807, 2.05) is 13.0 Å². The van der Waals surface area contributed by atoms with Crippen LogP contribution in [0.3, 0.4) is 0 Å². The minimum absolute atomic E-state index is 0.161. The minimum atomic E-state index is -2.84. The summed E-state index contributed by atoms with van der Waals surface area (Å²) in [4.78, 5) is 17.8. The summed E-state index contributed by atoms with van der Waals surface area (Å²) in [5, 5.41) is 6.71. The smallest absolute Gasteiger partial charge is 0.387 e. The van der Waals surface area contributed by atoms with E-state index in [-0.39, 0.29) is 17.8 Å². The van der Waals surface area contributed by atoms with Gasteiger partial charge in [-0.2, -0.15) is 8.78 Å². The molecule has 1 fully saturated rings. The first-order valence-corrected chi connectivity index (χ1v) is 10.9. The van der Waals surface area contributed by atoms with E-state index in [2.05, 4.69) is 30.0 Å². The van der Waals surface area contributed by atoms with Gasteiger partial charge in [-0.1, -0.05) is 25.0 Å². The van der Waals surface area contributed by atoms with E-state index in [1.165, 1.54) is 7.11 Å². The summed E-state index contributed by atoms with van der Waals surface area (Å²) in [6.07, 6.45) is 5.12. The summed E-state index contributed by atoms with van der Waals surface area (Å²) in [6, 6.07) is 7.06. The Bertz CT molecular complexity index is 703. The normalized spacial score (nSPS) is 16.5. The highest BCUT2D eigenvalue weighted by atomic mass is 19.3. The van der Waals surface area contributed by atoms with Crippen LogP contribution in [0.1, 0.15) is 45.4 Å².